The normalized spacial score (nSPS) is 17.3. The van der Waals surface area contributed by atoms with Crippen molar-refractivity contribution in [1.29, 1.82) is 0 Å². The van der Waals surface area contributed by atoms with Crippen molar-refractivity contribution in [2.45, 2.75) is 4.58 Å². The van der Waals surface area contributed by atoms with Gasteiger partial charge in [-0.15, -0.1) is 23.5 Å². The van der Waals surface area contributed by atoms with Gasteiger partial charge in [-0.3, -0.25) is 0 Å². The lowest BCUT2D eigenvalue weighted by Crippen LogP contribution is -1.95. The Labute approximate surface area is 91.4 Å². The van der Waals surface area contributed by atoms with Crippen LogP contribution in [0.4, 0.5) is 4.39 Å². The van der Waals surface area contributed by atoms with Gasteiger partial charge in [0.05, 0.1) is 11.7 Å². The van der Waals surface area contributed by atoms with Crippen LogP contribution in [0, 0.1) is 5.82 Å². The Balaban J connectivity index is 2.35. The highest BCUT2D eigenvalue weighted by Gasteiger charge is 2.23. The first-order valence-corrected chi connectivity index (χ1v) is 6.48. The fourth-order valence-electron chi connectivity index (χ4n) is 1.46. The predicted octanol–water partition coefficient (Wildman–Crippen LogP) is 3.31. The number of halogens is 1. The maximum absolute atomic E-state index is 13.4. The largest absolute Gasteiger partial charge is 0.493 e. The lowest BCUT2D eigenvalue weighted by atomic mass is 10.2. The van der Waals surface area contributed by atoms with Crippen LogP contribution in [0.15, 0.2) is 18.2 Å². The standard InChI is InChI=1S/C10H11FOS2/c1-12-9-7(3-2-4-8(9)11)10-13-5-6-14-10/h2-4,10H,5-6H2,1H3. The Morgan fingerprint density at radius 3 is 2.71 bits per heavy atom. The van der Waals surface area contributed by atoms with Crippen molar-refractivity contribution in [1.82, 2.24) is 0 Å². The molecule has 1 aromatic carbocycles. The number of hydrogen-bond acceptors (Lipinski definition) is 3. The second kappa shape index (κ2) is 4.45. The molecule has 0 radical (unpaired) electrons. The summed E-state index contributed by atoms with van der Waals surface area (Å²) in [6, 6.07) is 5.12. The molecule has 2 rings (SSSR count). The van der Waals surface area contributed by atoms with Crippen LogP contribution in [0.2, 0.25) is 0 Å². The van der Waals surface area contributed by atoms with Crippen LogP contribution >= 0.6 is 23.5 Å². The van der Waals surface area contributed by atoms with Crippen molar-refractivity contribution in [3.05, 3.63) is 29.6 Å². The van der Waals surface area contributed by atoms with Crippen molar-refractivity contribution in [2.75, 3.05) is 18.6 Å². The van der Waals surface area contributed by atoms with Crippen molar-refractivity contribution < 1.29 is 9.13 Å². The van der Waals surface area contributed by atoms with E-state index in [1.54, 1.807) is 6.07 Å². The summed E-state index contributed by atoms with van der Waals surface area (Å²) in [5, 5.41) is 0. The van der Waals surface area contributed by atoms with Crippen LogP contribution in [-0.4, -0.2) is 18.6 Å². The van der Waals surface area contributed by atoms with E-state index in [0.717, 1.165) is 17.1 Å². The molecule has 76 valence electrons. The monoisotopic (exact) mass is 230 g/mol. The highest BCUT2D eigenvalue weighted by atomic mass is 32.2. The Morgan fingerprint density at radius 1 is 1.36 bits per heavy atom. The highest BCUT2D eigenvalue weighted by molar-refractivity contribution is 8.19. The van der Waals surface area contributed by atoms with Crippen LogP contribution in [0.3, 0.4) is 0 Å². The summed E-state index contributed by atoms with van der Waals surface area (Å²) in [6.45, 7) is 0. The van der Waals surface area contributed by atoms with Gasteiger partial charge in [0.25, 0.3) is 0 Å². The van der Waals surface area contributed by atoms with Gasteiger partial charge < -0.3 is 4.74 Å². The van der Waals surface area contributed by atoms with Gasteiger partial charge in [-0.25, -0.2) is 4.39 Å². The molecule has 0 atom stereocenters. The SMILES string of the molecule is COc1c(F)cccc1C1SCCS1. The maximum Gasteiger partial charge on any atom is 0.165 e. The van der Waals surface area contributed by atoms with E-state index < -0.39 is 0 Å². The van der Waals surface area contributed by atoms with E-state index in [-0.39, 0.29) is 5.82 Å². The topological polar surface area (TPSA) is 9.23 Å². The molecule has 1 nitrogen and oxygen atoms in total. The highest BCUT2D eigenvalue weighted by Crippen LogP contribution is 2.48. The second-order valence-corrected chi connectivity index (χ2v) is 5.66. The zero-order valence-corrected chi connectivity index (χ0v) is 9.46. The van der Waals surface area contributed by atoms with Gasteiger partial charge in [-0.1, -0.05) is 12.1 Å². The van der Waals surface area contributed by atoms with Crippen LogP contribution in [0.25, 0.3) is 0 Å². The summed E-state index contributed by atoms with van der Waals surface area (Å²) in [4.78, 5) is 0. The zero-order chi connectivity index (χ0) is 9.97. The molecule has 0 saturated carbocycles. The molecule has 0 N–H and O–H groups in total. The first-order chi connectivity index (χ1) is 6.83. The fourth-order valence-corrected chi connectivity index (χ4v) is 4.35. The Kier molecular flexibility index (Phi) is 3.23. The molecule has 0 bridgehead atoms. The lowest BCUT2D eigenvalue weighted by Gasteiger charge is -2.13. The van der Waals surface area contributed by atoms with Crippen LogP contribution in [0.1, 0.15) is 10.1 Å². The average Bonchev–Trinajstić information content (AvgIpc) is 2.70. The Hall–Kier alpha value is -0.350. The Morgan fingerprint density at radius 2 is 2.07 bits per heavy atom. The minimum atomic E-state index is -0.266. The smallest absolute Gasteiger partial charge is 0.165 e. The van der Waals surface area contributed by atoms with E-state index in [2.05, 4.69) is 0 Å². The summed E-state index contributed by atoms with van der Waals surface area (Å²) < 4.78 is 18.8. The van der Waals surface area contributed by atoms with Crippen LogP contribution in [0.5, 0.6) is 5.75 Å². The zero-order valence-electron chi connectivity index (χ0n) is 7.83. The molecule has 1 fully saturated rings. The summed E-state index contributed by atoms with van der Waals surface area (Å²) in [7, 11) is 1.52. The molecule has 0 aromatic heterocycles. The number of ether oxygens (including phenoxy) is 1. The summed E-state index contributed by atoms with van der Waals surface area (Å²) in [5.74, 6) is 2.40. The quantitative estimate of drug-likeness (QED) is 0.771. The van der Waals surface area contributed by atoms with Crippen LogP contribution < -0.4 is 4.74 Å². The maximum atomic E-state index is 13.4. The van der Waals surface area contributed by atoms with Crippen LogP contribution in [-0.2, 0) is 0 Å². The second-order valence-electron chi connectivity index (χ2n) is 2.94. The van der Waals surface area contributed by atoms with E-state index in [1.165, 1.54) is 13.2 Å². The molecule has 1 heterocycles. The van der Waals surface area contributed by atoms with E-state index >= 15 is 0 Å². The van der Waals surface area contributed by atoms with Gasteiger partial charge in [0.1, 0.15) is 0 Å². The van der Waals surface area contributed by atoms with E-state index in [0.29, 0.717) is 10.3 Å². The van der Waals surface area contributed by atoms with Gasteiger partial charge in [-0.05, 0) is 6.07 Å². The van der Waals surface area contributed by atoms with E-state index in [4.69, 9.17) is 4.74 Å². The van der Waals surface area contributed by atoms with Crippen molar-refractivity contribution >= 4 is 23.5 Å². The Bertz CT molecular complexity index is 324. The van der Waals surface area contributed by atoms with Gasteiger partial charge in [-0.2, -0.15) is 0 Å². The molecule has 1 aliphatic heterocycles. The molecule has 0 spiro atoms. The molecule has 4 heteroatoms. The number of methoxy groups -OCH3 is 1. The first kappa shape index (κ1) is 10.2. The van der Waals surface area contributed by atoms with E-state index in [9.17, 15) is 4.39 Å². The fraction of sp³-hybridized carbons (Fsp3) is 0.400. The number of rotatable bonds is 2. The first-order valence-electron chi connectivity index (χ1n) is 4.38. The lowest BCUT2D eigenvalue weighted by molar-refractivity contribution is 0.383. The average molecular weight is 230 g/mol. The predicted molar refractivity (Wildman–Crippen MR) is 60.6 cm³/mol. The summed E-state index contributed by atoms with van der Waals surface area (Å²) in [6.07, 6.45) is 0. The van der Waals surface area contributed by atoms with Crippen molar-refractivity contribution in [2.24, 2.45) is 0 Å². The minimum absolute atomic E-state index is 0.266. The molecule has 1 aromatic rings. The molecular weight excluding hydrogens is 219 g/mol. The van der Waals surface area contributed by atoms with Crippen molar-refractivity contribution in [3.8, 4) is 5.75 Å². The number of thioether (sulfide) groups is 2. The molecule has 1 aliphatic rings. The van der Waals surface area contributed by atoms with Gasteiger partial charge >= 0.3 is 0 Å². The van der Waals surface area contributed by atoms with Gasteiger partial charge in [0, 0.05) is 17.1 Å². The van der Waals surface area contributed by atoms with Gasteiger partial charge in [0.2, 0.25) is 0 Å². The third-order valence-electron chi connectivity index (χ3n) is 2.08. The summed E-state index contributed by atoms with van der Waals surface area (Å²) >= 11 is 3.70. The third kappa shape index (κ3) is 1.86. The number of hydrogen-bond donors (Lipinski definition) is 0. The number of para-hydroxylation sites is 1. The van der Waals surface area contributed by atoms with Gasteiger partial charge in [0.15, 0.2) is 11.6 Å². The minimum Gasteiger partial charge on any atom is -0.493 e. The molecule has 14 heavy (non-hydrogen) atoms. The van der Waals surface area contributed by atoms with Crippen molar-refractivity contribution in [3.63, 3.8) is 0 Å². The van der Waals surface area contributed by atoms with E-state index in [1.807, 2.05) is 29.6 Å². The number of benzene rings is 1. The molecule has 0 aliphatic carbocycles. The molecule has 0 unspecified atom stereocenters. The molecular formula is C10H11FOS2. The molecule has 1 saturated heterocycles. The summed E-state index contributed by atoms with van der Waals surface area (Å²) in [5.41, 5.74) is 0.972. The molecule has 0 amide bonds. The third-order valence-corrected chi connectivity index (χ3v) is 5.15.